The second-order valence-electron chi connectivity index (χ2n) is 5.92. The summed E-state index contributed by atoms with van der Waals surface area (Å²) < 4.78 is 0. The highest BCUT2D eigenvalue weighted by molar-refractivity contribution is 7.99. The van der Waals surface area contributed by atoms with Crippen LogP contribution in [0.4, 0.5) is 0 Å². The third-order valence-corrected chi connectivity index (χ3v) is 7.31. The summed E-state index contributed by atoms with van der Waals surface area (Å²) >= 11 is 1.91. The summed E-state index contributed by atoms with van der Waals surface area (Å²) in [5.41, 5.74) is 4.40. The smallest absolute Gasteiger partial charge is 0.0895 e. The standard InChI is InChI=1S/C21H19S2/c1-23(19-8-3-2-4-9-19)15-16-11-12-21-18(13-16)14-17-7-5-6-10-20(17)22-21/h2-13H,14-15H2,1H3/q+1. The van der Waals surface area contributed by atoms with Gasteiger partial charge >= 0.3 is 0 Å². The largest absolute Gasteiger partial charge is 0.154 e. The van der Waals surface area contributed by atoms with Crippen molar-refractivity contribution < 1.29 is 0 Å². The summed E-state index contributed by atoms with van der Waals surface area (Å²) in [6.45, 7) is 0. The van der Waals surface area contributed by atoms with Crippen LogP contribution in [0.2, 0.25) is 0 Å². The van der Waals surface area contributed by atoms with E-state index < -0.39 is 0 Å². The number of rotatable bonds is 3. The fourth-order valence-electron chi connectivity index (χ4n) is 3.02. The van der Waals surface area contributed by atoms with E-state index in [1.165, 1.54) is 31.4 Å². The van der Waals surface area contributed by atoms with Gasteiger partial charge < -0.3 is 0 Å². The third-order valence-electron chi connectivity index (χ3n) is 4.23. The first kappa shape index (κ1) is 14.9. The van der Waals surface area contributed by atoms with E-state index in [1.807, 2.05) is 11.8 Å². The maximum absolute atomic E-state index is 2.42. The van der Waals surface area contributed by atoms with E-state index in [4.69, 9.17) is 0 Å². The minimum absolute atomic E-state index is 0.263. The van der Waals surface area contributed by atoms with E-state index in [-0.39, 0.29) is 10.9 Å². The molecular weight excluding hydrogens is 316 g/mol. The van der Waals surface area contributed by atoms with Crippen LogP contribution in [0, 0.1) is 0 Å². The van der Waals surface area contributed by atoms with Crippen molar-refractivity contribution in [2.24, 2.45) is 0 Å². The normalized spacial score (nSPS) is 14.0. The van der Waals surface area contributed by atoms with E-state index in [9.17, 15) is 0 Å². The van der Waals surface area contributed by atoms with Crippen LogP contribution in [0.1, 0.15) is 16.7 Å². The number of hydrogen-bond acceptors (Lipinski definition) is 1. The Balaban J connectivity index is 1.57. The molecule has 0 saturated heterocycles. The molecule has 0 N–H and O–H groups in total. The van der Waals surface area contributed by atoms with Crippen LogP contribution < -0.4 is 0 Å². The van der Waals surface area contributed by atoms with Crippen molar-refractivity contribution in [3.05, 3.63) is 89.5 Å². The highest BCUT2D eigenvalue weighted by Crippen LogP contribution is 2.39. The molecule has 1 heterocycles. The van der Waals surface area contributed by atoms with Gasteiger partial charge in [-0.3, -0.25) is 0 Å². The SMILES string of the molecule is C[S+](Cc1ccc2c(c1)Cc1ccccc1S2)c1ccccc1. The number of fused-ring (bicyclic) bond motifs is 2. The van der Waals surface area contributed by atoms with Crippen LogP contribution in [0.15, 0.2) is 87.5 Å². The van der Waals surface area contributed by atoms with E-state index >= 15 is 0 Å². The lowest BCUT2D eigenvalue weighted by Crippen LogP contribution is -2.05. The van der Waals surface area contributed by atoms with Crippen molar-refractivity contribution in [3.8, 4) is 0 Å². The van der Waals surface area contributed by atoms with E-state index in [0.717, 1.165) is 12.2 Å². The first-order chi connectivity index (χ1) is 11.3. The molecular formula is C21H19S2+. The molecule has 0 saturated carbocycles. The quantitative estimate of drug-likeness (QED) is 0.442. The molecule has 114 valence electrons. The van der Waals surface area contributed by atoms with Gasteiger partial charge in [-0.25, -0.2) is 0 Å². The summed E-state index contributed by atoms with van der Waals surface area (Å²) in [4.78, 5) is 4.28. The first-order valence-corrected chi connectivity index (χ1v) is 10.5. The van der Waals surface area contributed by atoms with Crippen LogP contribution in [0.5, 0.6) is 0 Å². The van der Waals surface area contributed by atoms with Crippen LogP contribution in [-0.2, 0) is 23.1 Å². The Hall–Kier alpha value is -1.64. The first-order valence-electron chi connectivity index (χ1n) is 7.85. The molecule has 0 fully saturated rings. The molecule has 1 unspecified atom stereocenters. The number of hydrogen-bond donors (Lipinski definition) is 0. The van der Waals surface area contributed by atoms with Gasteiger partial charge in [-0.15, -0.1) is 0 Å². The van der Waals surface area contributed by atoms with Crippen LogP contribution in [-0.4, -0.2) is 6.26 Å². The zero-order valence-corrected chi connectivity index (χ0v) is 14.8. The predicted octanol–water partition coefficient (Wildman–Crippen LogP) is 5.55. The molecule has 3 aromatic rings. The molecule has 1 aliphatic rings. The molecule has 0 spiro atoms. The van der Waals surface area contributed by atoms with Gasteiger partial charge in [-0.1, -0.05) is 54.2 Å². The summed E-state index contributed by atoms with van der Waals surface area (Å²) in [7, 11) is 0.263. The fraction of sp³-hybridized carbons (Fsp3) is 0.143. The van der Waals surface area contributed by atoms with Gasteiger partial charge in [0.2, 0.25) is 0 Å². The van der Waals surface area contributed by atoms with Crippen molar-refractivity contribution >= 4 is 22.7 Å². The predicted molar refractivity (Wildman–Crippen MR) is 102 cm³/mol. The molecule has 0 radical (unpaired) electrons. The van der Waals surface area contributed by atoms with Gasteiger partial charge in [0.05, 0.1) is 0 Å². The molecule has 0 amide bonds. The second-order valence-corrected chi connectivity index (χ2v) is 9.04. The lowest BCUT2D eigenvalue weighted by molar-refractivity contribution is 1.05. The minimum atomic E-state index is 0.263. The summed E-state index contributed by atoms with van der Waals surface area (Å²) in [6, 6.07) is 26.7. The Kier molecular flexibility index (Phi) is 4.19. The van der Waals surface area contributed by atoms with Crippen molar-refractivity contribution in [1.29, 1.82) is 0 Å². The van der Waals surface area contributed by atoms with E-state index in [2.05, 4.69) is 79.1 Å². The fourth-order valence-corrected chi connectivity index (χ4v) is 5.54. The van der Waals surface area contributed by atoms with E-state index in [0.29, 0.717) is 0 Å². The topological polar surface area (TPSA) is 0 Å². The van der Waals surface area contributed by atoms with Gasteiger partial charge in [0.1, 0.15) is 12.0 Å². The molecule has 0 bridgehead atoms. The lowest BCUT2D eigenvalue weighted by atomic mass is 10.0. The highest BCUT2D eigenvalue weighted by Gasteiger charge is 2.19. The highest BCUT2D eigenvalue weighted by atomic mass is 32.2. The summed E-state index contributed by atoms with van der Waals surface area (Å²) in [5, 5.41) is 0. The Labute approximate surface area is 145 Å². The van der Waals surface area contributed by atoms with Gasteiger partial charge in [0.25, 0.3) is 0 Å². The van der Waals surface area contributed by atoms with Crippen molar-refractivity contribution in [2.45, 2.75) is 26.9 Å². The van der Waals surface area contributed by atoms with Crippen LogP contribution in [0.3, 0.4) is 0 Å². The zero-order valence-electron chi connectivity index (χ0n) is 13.2. The van der Waals surface area contributed by atoms with Crippen LogP contribution in [0.25, 0.3) is 0 Å². The molecule has 3 aromatic carbocycles. The summed E-state index contributed by atoms with van der Waals surface area (Å²) in [5.74, 6) is 1.13. The molecule has 4 rings (SSSR count). The molecule has 2 heteroatoms. The summed E-state index contributed by atoms with van der Waals surface area (Å²) in [6.07, 6.45) is 3.41. The lowest BCUT2D eigenvalue weighted by Gasteiger charge is -2.19. The minimum Gasteiger partial charge on any atom is -0.0895 e. The van der Waals surface area contributed by atoms with Crippen LogP contribution >= 0.6 is 11.8 Å². The van der Waals surface area contributed by atoms with Crippen molar-refractivity contribution in [1.82, 2.24) is 0 Å². The molecule has 0 nitrogen and oxygen atoms in total. The third kappa shape index (κ3) is 3.19. The Morgan fingerprint density at radius 2 is 1.57 bits per heavy atom. The Morgan fingerprint density at radius 1 is 0.826 bits per heavy atom. The molecule has 1 atom stereocenters. The number of benzene rings is 3. The van der Waals surface area contributed by atoms with Gasteiger partial charge in [-0.05, 0) is 47.9 Å². The average Bonchev–Trinajstić information content (AvgIpc) is 2.60. The molecule has 0 aliphatic carbocycles. The van der Waals surface area contributed by atoms with Crippen molar-refractivity contribution in [3.63, 3.8) is 0 Å². The van der Waals surface area contributed by atoms with Crippen molar-refractivity contribution in [2.75, 3.05) is 6.26 Å². The molecule has 1 aliphatic heterocycles. The van der Waals surface area contributed by atoms with E-state index in [1.54, 1.807) is 0 Å². The molecule has 23 heavy (non-hydrogen) atoms. The zero-order chi connectivity index (χ0) is 15.6. The maximum Gasteiger partial charge on any atom is 0.154 e. The van der Waals surface area contributed by atoms with Gasteiger partial charge in [0.15, 0.2) is 4.90 Å². The Morgan fingerprint density at radius 3 is 2.43 bits per heavy atom. The Bertz CT molecular complexity index is 824. The monoisotopic (exact) mass is 335 g/mol. The van der Waals surface area contributed by atoms with Gasteiger partial charge in [0, 0.05) is 26.2 Å². The maximum atomic E-state index is 2.42. The second kappa shape index (κ2) is 6.46. The molecule has 0 aromatic heterocycles. The average molecular weight is 336 g/mol. The van der Waals surface area contributed by atoms with Gasteiger partial charge in [-0.2, -0.15) is 0 Å².